The van der Waals surface area contributed by atoms with E-state index in [0.717, 1.165) is 72.0 Å². The Labute approximate surface area is 199 Å². The van der Waals surface area contributed by atoms with Crippen LogP contribution >= 0.6 is 0 Å². The summed E-state index contributed by atoms with van der Waals surface area (Å²) in [6.07, 6.45) is 10.6. The highest BCUT2D eigenvalue weighted by atomic mass is 16.5. The van der Waals surface area contributed by atoms with Gasteiger partial charge in [0.1, 0.15) is 5.76 Å². The van der Waals surface area contributed by atoms with Gasteiger partial charge in [0, 0.05) is 11.4 Å². The van der Waals surface area contributed by atoms with Crippen LogP contribution in [0, 0.1) is 5.92 Å². The molecule has 2 aliphatic carbocycles. The van der Waals surface area contributed by atoms with Gasteiger partial charge in [-0.1, -0.05) is 38.0 Å². The number of furan rings is 1. The van der Waals surface area contributed by atoms with Crippen molar-refractivity contribution in [3.8, 4) is 0 Å². The number of aromatic nitrogens is 1. The number of ether oxygens (including phenoxy) is 1. The van der Waals surface area contributed by atoms with E-state index in [4.69, 9.17) is 14.1 Å². The SMILES string of the molecule is C[C@@H]1CCCC[C@@H]1NC(=O)COC(=O)c1c2c(nc3ccccc13)/C(=C\c1ccco1)CCC2. The van der Waals surface area contributed by atoms with Gasteiger partial charge < -0.3 is 14.5 Å². The topological polar surface area (TPSA) is 81.4 Å². The van der Waals surface area contributed by atoms with Crippen LogP contribution in [0.1, 0.15) is 72.8 Å². The number of benzene rings is 1. The summed E-state index contributed by atoms with van der Waals surface area (Å²) in [4.78, 5) is 30.8. The van der Waals surface area contributed by atoms with E-state index in [1.165, 1.54) is 6.42 Å². The molecule has 176 valence electrons. The van der Waals surface area contributed by atoms with Crippen LogP contribution in [0.25, 0.3) is 22.6 Å². The molecule has 1 amide bonds. The second-order valence-corrected chi connectivity index (χ2v) is 9.38. The fourth-order valence-electron chi connectivity index (χ4n) is 5.24. The minimum absolute atomic E-state index is 0.156. The summed E-state index contributed by atoms with van der Waals surface area (Å²) in [5.74, 6) is 0.498. The summed E-state index contributed by atoms with van der Waals surface area (Å²) >= 11 is 0. The Bertz CT molecular complexity index is 1230. The van der Waals surface area contributed by atoms with Crippen LogP contribution in [0.3, 0.4) is 0 Å². The van der Waals surface area contributed by atoms with Crippen molar-refractivity contribution in [2.75, 3.05) is 6.61 Å². The number of hydrogen-bond donors (Lipinski definition) is 1. The zero-order valence-corrected chi connectivity index (χ0v) is 19.5. The summed E-state index contributed by atoms with van der Waals surface area (Å²) in [5.41, 5.74) is 3.99. The molecule has 2 aliphatic rings. The molecule has 0 radical (unpaired) electrons. The summed E-state index contributed by atoms with van der Waals surface area (Å²) in [7, 11) is 0. The van der Waals surface area contributed by atoms with Crippen LogP contribution in [-0.4, -0.2) is 29.5 Å². The molecule has 1 fully saturated rings. The number of fused-ring (bicyclic) bond motifs is 2. The Morgan fingerprint density at radius 1 is 1.12 bits per heavy atom. The summed E-state index contributed by atoms with van der Waals surface area (Å²) in [6, 6.07) is 11.5. The molecule has 1 saturated carbocycles. The zero-order chi connectivity index (χ0) is 23.5. The first-order chi connectivity index (χ1) is 16.6. The van der Waals surface area contributed by atoms with Gasteiger partial charge in [-0.05, 0) is 73.4 Å². The number of nitrogens with zero attached hydrogens (tertiary/aromatic N) is 1. The third-order valence-corrected chi connectivity index (χ3v) is 7.03. The van der Waals surface area contributed by atoms with Crippen LogP contribution in [0.5, 0.6) is 0 Å². The minimum atomic E-state index is -0.471. The van der Waals surface area contributed by atoms with Crippen molar-refractivity contribution in [3.63, 3.8) is 0 Å². The lowest BCUT2D eigenvalue weighted by atomic mass is 9.86. The number of carbonyl (C=O) groups excluding carboxylic acids is 2. The quantitative estimate of drug-likeness (QED) is 0.507. The maximum atomic E-state index is 13.3. The number of esters is 1. The Balaban J connectivity index is 1.42. The average molecular weight is 459 g/mol. The van der Waals surface area contributed by atoms with Gasteiger partial charge >= 0.3 is 5.97 Å². The van der Waals surface area contributed by atoms with Crippen molar-refractivity contribution in [3.05, 3.63) is 65.2 Å². The average Bonchev–Trinajstić information content (AvgIpc) is 3.36. The van der Waals surface area contributed by atoms with Gasteiger partial charge in [-0.25, -0.2) is 9.78 Å². The molecule has 34 heavy (non-hydrogen) atoms. The van der Waals surface area contributed by atoms with Crippen molar-refractivity contribution in [2.24, 2.45) is 5.92 Å². The van der Waals surface area contributed by atoms with Gasteiger partial charge in [-0.2, -0.15) is 0 Å². The van der Waals surface area contributed by atoms with E-state index in [-0.39, 0.29) is 18.6 Å². The number of pyridine rings is 1. The second kappa shape index (κ2) is 9.84. The van der Waals surface area contributed by atoms with Gasteiger partial charge in [0.15, 0.2) is 6.61 Å². The maximum absolute atomic E-state index is 13.3. The van der Waals surface area contributed by atoms with Gasteiger partial charge in [-0.3, -0.25) is 4.79 Å². The summed E-state index contributed by atoms with van der Waals surface area (Å²) < 4.78 is 11.1. The van der Waals surface area contributed by atoms with Gasteiger partial charge in [0.05, 0.1) is 23.0 Å². The van der Waals surface area contributed by atoms with Gasteiger partial charge in [0.2, 0.25) is 0 Å². The lowest BCUT2D eigenvalue weighted by Crippen LogP contribution is -2.42. The summed E-state index contributed by atoms with van der Waals surface area (Å²) in [5, 5.41) is 3.82. The predicted octanol–water partition coefficient (Wildman–Crippen LogP) is 5.56. The largest absolute Gasteiger partial charge is 0.465 e. The normalized spacial score (nSPS) is 21.3. The monoisotopic (exact) mass is 458 g/mol. The van der Waals surface area contributed by atoms with E-state index in [0.29, 0.717) is 11.5 Å². The number of allylic oxidation sites excluding steroid dienone is 1. The fourth-order valence-corrected chi connectivity index (χ4v) is 5.24. The molecule has 0 bridgehead atoms. The summed E-state index contributed by atoms with van der Waals surface area (Å²) in [6.45, 7) is 1.89. The van der Waals surface area contributed by atoms with Crippen LogP contribution in [0.2, 0.25) is 0 Å². The molecule has 1 N–H and O–H groups in total. The molecular weight excluding hydrogens is 428 g/mol. The van der Waals surface area contributed by atoms with Crippen LogP contribution in [0.4, 0.5) is 0 Å². The molecule has 2 atom stereocenters. The first-order valence-corrected chi connectivity index (χ1v) is 12.2. The molecule has 0 unspecified atom stereocenters. The zero-order valence-electron chi connectivity index (χ0n) is 19.5. The number of nitrogens with one attached hydrogen (secondary N) is 1. The van der Waals surface area contributed by atoms with E-state index < -0.39 is 5.97 Å². The Kier molecular flexibility index (Phi) is 6.48. The fraction of sp³-hybridized carbons (Fsp3) is 0.393. The van der Waals surface area contributed by atoms with E-state index in [1.807, 2.05) is 42.5 Å². The predicted molar refractivity (Wildman–Crippen MR) is 131 cm³/mol. The lowest BCUT2D eigenvalue weighted by molar-refractivity contribution is -0.125. The molecule has 0 aliphatic heterocycles. The second-order valence-electron chi connectivity index (χ2n) is 9.38. The number of amides is 1. The van der Waals surface area contributed by atoms with Crippen molar-refractivity contribution < 1.29 is 18.7 Å². The molecule has 3 aromatic rings. The molecule has 6 nitrogen and oxygen atoms in total. The molecule has 2 heterocycles. The molecule has 1 aromatic carbocycles. The standard InChI is InChI=1S/C28H30N2O4/c1-18-8-2-4-13-23(18)29-25(31)17-34-28(32)26-21-11-3-5-14-24(21)30-27-19(9-6-12-22(26)27)16-20-10-7-15-33-20/h3,5,7,10-11,14-16,18,23H,2,4,6,8-9,12-13,17H2,1H3,(H,29,31)/b19-16-/t18-,23+/m1/s1. The van der Waals surface area contributed by atoms with E-state index in [2.05, 4.69) is 12.2 Å². The lowest BCUT2D eigenvalue weighted by Gasteiger charge is -2.29. The number of para-hydroxylation sites is 1. The van der Waals surface area contributed by atoms with Crippen LogP contribution in [0.15, 0.2) is 47.1 Å². The Hall–Kier alpha value is -3.41. The smallest absolute Gasteiger partial charge is 0.339 e. The van der Waals surface area contributed by atoms with Crippen LogP contribution < -0.4 is 5.32 Å². The molecule has 0 spiro atoms. The van der Waals surface area contributed by atoms with Gasteiger partial charge in [-0.15, -0.1) is 0 Å². The highest BCUT2D eigenvalue weighted by Crippen LogP contribution is 2.36. The molecular formula is C28H30N2O4. The Morgan fingerprint density at radius 2 is 1.97 bits per heavy atom. The third kappa shape index (κ3) is 4.63. The molecule has 2 aromatic heterocycles. The highest BCUT2D eigenvalue weighted by Gasteiger charge is 2.27. The first-order valence-electron chi connectivity index (χ1n) is 12.2. The Morgan fingerprint density at radius 3 is 2.79 bits per heavy atom. The van der Waals surface area contributed by atoms with Crippen molar-refractivity contribution >= 4 is 34.4 Å². The van der Waals surface area contributed by atoms with E-state index >= 15 is 0 Å². The van der Waals surface area contributed by atoms with Crippen molar-refractivity contribution in [2.45, 2.75) is 57.9 Å². The highest BCUT2D eigenvalue weighted by molar-refractivity contribution is 6.07. The van der Waals surface area contributed by atoms with Crippen LogP contribution in [-0.2, 0) is 16.0 Å². The number of carbonyl (C=O) groups is 2. The van der Waals surface area contributed by atoms with E-state index in [9.17, 15) is 9.59 Å². The maximum Gasteiger partial charge on any atom is 0.339 e. The van der Waals surface area contributed by atoms with Crippen molar-refractivity contribution in [1.29, 1.82) is 0 Å². The third-order valence-electron chi connectivity index (χ3n) is 7.03. The molecule has 6 heteroatoms. The van der Waals surface area contributed by atoms with E-state index in [1.54, 1.807) is 6.26 Å². The number of hydrogen-bond acceptors (Lipinski definition) is 5. The molecule has 5 rings (SSSR count). The molecule has 0 saturated heterocycles. The first kappa shape index (κ1) is 22.4. The number of rotatable bonds is 5. The van der Waals surface area contributed by atoms with Gasteiger partial charge in [0.25, 0.3) is 5.91 Å². The minimum Gasteiger partial charge on any atom is -0.465 e. The van der Waals surface area contributed by atoms with Crippen molar-refractivity contribution in [1.82, 2.24) is 10.3 Å².